The summed E-state index contributed by atoms with van der Waals surface area (Å²) in [4.78, 5) is 42.1. The van der Waals surface area contributed by atoms with Crippen molar-refractivity contribution >= 4 is 51.0 Å². The van der Waals surface area contributed by atoms with Gasteiger partial charge in [-0.15, -0.1) is 0 Å². The summed E-state index contributed by atoms with van der Waals surface area (Å²) in [5, 5.41) is 16.0. The highest BCUT2D eigenvalue weighted by molar-refractivity contribution is 9.10. The van der Waals surface area contributed by atoms with Gasteiger partial charge in [0.25, 0.3) is 5.56 Å². The Morgan fingerprint density at radius 3 is 2.05 bits per heavy atom. The van der Waals surface area contributed by atoms with Gasteiger partial charge >= 0.3 is 24.4 Å². The molecule has 3 N–H and O–H groups in total. The maximum absolute atomic E-state index is 14.4. The standard InChI is InChI=1S/C22H17BrClF3N2O2.C20H14F3N5O2.CH4/c1-31-15-6-4-14(5-7-15)12-29-19-11-17(23)18(24)10-16(19)21(22(25,26)27,28-20(29)30)9-8-13-2-3-13;21-20(22,23)19(5-3-12-1-2-12)15-7-13(9-24)14(8-16(15)26-18(30)27-19)10-28-11-25-6-4-17(28)29;/h4-7,10-11,13H,2-3,12H2,1H3,(H,28,30);4,6-8,11-12H,1-2,10H2,(H2,26,27,30);1H4. The van der Waals surface area contributed by atoms with Gasteiger partial charge in [-0.2, -0.15) is 31.6 Å². The summed E-state index contributed by atoms with van der Waals surface area (Å²) >= 11 is 9.43. The SMILES string of the molecule is C.COc1ccc(CN2C(=O)NC(C#CC3CC3)(C(F)(F)F)c3cc(Cl)c(Br)cc32)cc1.N#Cc1cc2c(cc1Cn1cnccc1=O)NC(=O)NC2(C#CC1CC1)C(F)(F)F. The smallest absolute Gasteiger partial charge is 0.427 e. The van der Waals surface area contributed by atoms with Gasteiger partial charge in [0.15, 0.2) is 0 Å². The predicted molar refractivity (Wildman–Crippen MR) is 221 cm³/mol. The molecule has 2 aliphatic heterocycles. The summed E-state index contributed by atoms with van der Waals surface area (Å²) in [7, 11) is 1.53. The summed E-state index contributed by atoms with van der Waals surface area (Å²) in [5.74, 6) is 10.3. The number of nitrogens with zero attached hydrogens (tertiary/aromatic N) is 4. The molecule has 0 radical (unpaired) electrons. The lowest BCUT2D eigenvalue weighted by Crippen LogP contribution is -2.62. The summed E-state index contributed by atoms with van der Waals surface area (Å²) in [6, 6.07) is 13.1. The number of urea groups is 2. The number of ether oxygens (including phenoxy) is 1. The number of rotatable bonds is 5. The number of methoxy groups -OCH3 is 1. The third-order valence-electron chi connectivity index (χ3n) is 10.2. The van der Waals surface area contributed by atoms with Crippen molar-refractivity contribution in [1.82, 2.24) is 20.2 Å². The Hall–Kier alpha value is -6.16. The lowest BCUT2D eigenvalue weighted by Gasteiger charge is -2.42. The van der Waals surface area contributed by atoms with Crippen molar-refractivity contribution in [3.63, 3.8) is 0 Å². The second-order valence-corrected chi connectivity index (χ2v) is 15.8. The molecular formula is C43H35BrClF6N7O4. The molecule has 2 aliphatic carbocycles. The Kier molecular flexibility index (Phi) is 12.7. The zero-order valence-electron chi connectivity index (χ0n) is 31.7. The van der Waals surface area contributed by atoms with E-state index in [4.69, 9.17) is 16.3 Å². The number of nitrogens with one attached hydrogen (secondary N) is 3. The Morgan fingerprint density at radius 1 is 0.887 bits per heavy atom. The quantitative estimate of drug-likeness (QED) is 0.135. The summed E-state index contributed by atoms with van der Waals surface area (Å²) in [6.45, 7) is -0.0419. The minimum absolute atomic E-state index is 0. The first-order chi connectivity index (χ1) is 28.9. The monoisotopic (exact) mass is 941 g/mol. The van der Waals surface area contributed by atoms with Crippen LogP contribution in [0.4, 0.5) is 47.3 Å². The van der Waals surface area contributed by atoms with E-state index in [2.05, 4.69) is 55.2 Å². The van der Waals surface area contributed by atoms with Crippen LogP contribution in [0.5, 0.6) is 5.75 Å². The van der Waals surface area contributed by atoms with E-state index in [1.807, 2.05) is 11.4 Å². The molecule has 4 aliphatic rings. The van der Waals surface area contributed by atoms with E-state index in [1.54, 1.807) is 24.3 Å². The molecule has 0 spiro atoms. The van der Waals surface area contributed by atoms with Crippen LogP contribution in [0.15, 0.2) is 76.4 Å². The summed E-state index contributed by atoms with van der Waals surface area (Å²) in [5.41, 5.74) is -5.81. The third kappa shape index (κ3) is 9.06. The molecular weight excluding hydrogens is 908 g/mol. The van der Waals surface area contributed by atoms with Crippen molar-refractivity contribution in [3.8, 4) is 35.5 Å². The molecule has 2 saturated carbocycles. The zero-order chi connectivity index (χ0) is 43.9. The van der Waals surface area contributed by atoms with Crippen LogP contribution in [-0.4, -0.2) is 41.1 Å². The number of alkyl halides is 6. The molecule has 2 atom stereocenters. The van der Waals surface area contributed by atoms with Gasteiger partial charge in [-0.3, -0.25) is 14.3 Å². The molecule has 4 aromatic rings. The summed E-state index contributed by atoms with van der Waals surface area (Å²) in [6.07, 6.45) is -4.27. The van der Waals surface area contributed by atoms with Crippen LogP contribution in [-0.2, 0) is 24.2 Å². The van der Waals surface area contributed by atoms with Gasteiger partial charge in [0.2, 0.25) is 11.1 Å². The minimum atomic E-state index is -4.92. The normalized spacial score (nSPS) is 20.0. The highest BCUT2D eigenvalue weighted by Gasteiger charge is 2.61. The number of nitriles is 1. The largest absolute Gasteiger partial charge is 0.497 e. The zero-order valence-corrected chi connectivity index (χ0v) is 34.0. The Morgan fingerprint density at radius 2 is 1.50 bits per heavy atom. The van der Waals surface area contributed by atoms with E-state index < -0.39 is 41.1 Å². The van der Waals surface area contributed by atoms with Gasteiger partial charge in [-0.25, -0.2) is 14.6 Å². The van der Waals surface area contributed by atoms with E-state index in [0.29, 0.717) is 23.1 Å². The molecule has 322 valence electrons. The number of benzene rings is 3. The Labute approximate surface area is 364 Å². The molecule has 1 aromatic heterocycles. The topological polar surface area (TPSA) is 141 Å². The first-order valence-electron chi connectivity index (χ1n) is 18.5. The highest BCUT2D eigenvalue weighted by Crippen LogP contribution is 2.49. The van der Waals surface area contributed by atoms with Crippen molar-refractivity contribution in [2.75, 3.05) is 17.3 Å². The second-order valence-electron chi connectivity index (χ2n) is 14.5. The lowest BCUT2D eigenvalue weighted by atomic mass is 9.84. The Bertz CT molecular complexity index is 2660. The van der Waals surface area contributed by atoms with Crippen LogP contribution in [0.3, 0.4) is 0 Å². The maximum Gasteiger partial charge on any atom is 0.427 e. The average Bonchev–Trinajstić information content (AvgIpc) is 4.15. The molecule has 2 unspecified atom stereocenters. The molecule has 62 heavy (non-hydrogen) atoms. The molecule has 2 fully saturated rings. The molecule has 0 bridgehead atoms. The van der Waals surface area contributed by atoms with Crippen LogP contribution in [0.2, 0.25) is 5.02 Å². The van der Waals surface area contributed by atoms with Gasteiger partial charge in [0.05, 0.1) is 48.9 Å². The van der Waals surface area contributed by atoms with Gasteiger partial charge in [0.1, 0.15) is 5.75 Å². The van der Waals surface area contributed by atoms with Crippen molar-refractivity contribution in [2.45, 2.75) is 69.6 Å². The van der Waals surface area contributed by atoms with Crippen LogP contribution < -0.4 is 31.1 Å². The van der Waals surface area contributed by atoms with E-state index in [-0.39, 0.29) is 71.0 Å². The molecule has 0 saturated heterocycles. The van der Waals surface area contributed by atoms with Crippen molar-refractivity contribution in [2.24, 2.45) is 11.8 Å². The van der Waals surface area contributed by atoms with Crippen LogP contribution in [0.25, 0.3) is 0 Å². The molecule has 3 heterocycles. The number of aromatic nitrogens is 2. The summed E-state index contributed by atoms with van der Waals surface area (Å²) < 4.78 is 92.4. The fraction of sp³-hybridized carbons (Fsp3) is 0.326. The van der Waals surface area contributed by atoms with Gasteiger partial charge < -0.3 is 20.7 Å². The first kappa shape index (κ1) is 45.4. The fourth-order valence-electron chi connectivity index (χ4n) is 6.56. The number of halogens is 8. The highest BCUT2D eigenvalue weighted by atomic mass is 79.9. The average molecular weight is 943 g/mol. The van der Waals surface area contributed by atoms with Crippen molar-refractivity contribution in [3.05, 3.63) is 115 Å². The minimum Gasteiger partial charge on any atom is -0.497 e. The molecule has 8 rings (SSSR count). The van der Waals surface area contributed by atoms with Gasteiger partial charge in [-0.05, 0) is 89.1 Å². The lowest BCUT2D eigenvalue weighted by molar-refractivity contribution is -0.179. The predicted octanol–water partition coefficient (Wildman–Crippen LogP) is 9.12. The first-order valence-corrected chi connectivity index (χ1v) is 19.6. The molecule has 3 aromatic carbocycles. The van der Waals surface area contributed by atoms with E-state index >= 15 is 0 Å². The number of hydrogen-bond acceptors (Lipinski definition) is 6. The molecule has 11 nitrogen and oxygen atoms in total. The second kappa shape index (κ2) is 17.3. The number of fused-ring (bicyclic) bond motifs is 2. The number of hydrogen-bond donors (Lipinski definition) is 3. The van der Waals surface area contributed by atoms with E-state index in [0.717, 1.165) is 24.5 Å². The number of amides is 4. The maximum atomic E-state index is 14.4. The third-order valence-corrected chi connectivity index (χ3v) is 11.4. The number of carbonyl (C=O) groups excluding carboxylic acids is 2. The Balaban J connectivity index is 0.000000204. The molecule has 4 amide bonds. The van der Waals surface area contributed by atoms with Gasteiger partial charge in [0, 0.05) is 45.4 Å². The molecule has 19 heteroatoms. The van der Waals surface area contributed by atoms with Gasteiger partial charge in [-0.1, -0.05) is 54.8 Å². The van der Waals surface area contributed by atoms with E-state index in [9.17, 15) is 46.0 Å². The van der Waals surface area contributed by atoms with Crippen LogP contribution >= 0.6 is 27.5 Å². The van der Waals surface area contributed by atoms with Crippen LogP contribution in [0.1, 0.15) is 60.9 Å². The van der Waals surface area contributed by atoms with E-state index in [1.165, 1.54) is 53.4 Å². The van der Waals surface area contributed by atoms with Crippen molar-refractivity contribution in [1.29, 1.82) is 5.26 Å². The van der Waals surface area contributed by atoms with Crippen LogP contribution in [0, 0.1) is 46.8 Å². The number of anilines is 2. The van der Waals surface area contributed by atoms with Crippen molar-refractivity contribution < 1.29 is 40.7 Å². The number of carbonyl (C=O) groups is 2. The fourth-order valence-corrected chi connectivity index (χ4v) is 7.06.